The van der Waals surface area contributed by atoms with Gasteiger partial charge >= 0.3 is 0 Å². The summed E-state index contributed by atoms with van der Waals surface area (Å²) in [6.45, 7) is 4.72. The number of aromatic nitrogens is 4. The lowest BCUT2D eigenvalue weighted by atomic mass is 10.1. The monoisotopic (exact) mass is 500 g/mol. The fourth-order valence-corrected chi connectivity index (χ4v) is 5.14. The third-order valence-electron chi connectivity index (χ3n) is 5.70. The van der Waals surface area contributed by atoms with Gasteiger partial charge in [0.15, 0.2) is 11.6 Å². The average molecular weight is 501 g/mol. The number of aryl methyl sites for hydroxylation is 2. The summed E-state index contributed by atoms with van der Waals surface area (Å²) in [6.07, 6.45) is 4.73. The van der Waals surface area contributed by atoms with Crippen LogP contribution in [0.1, 0.15) is 30.3 Å². The Labute approximate surface area is 212 Å². The summed E-state index contributed by atoms with van der Waals surface area (Å²) in [6, 6.07) is 18.5. The number of thiophene rings is 1. The van der Waals surface area contributed by atoms with Gasteiger partial charge in [-0.05, 0) is 83.8 Å². The second kappa shape index (κ2) is 10.3. The smallest absolute Gasteiger partial charge is 0.197 e. The number of fused-ring (bicyclic) bond motifs is 1. The van der Waals surface area contributed by atoms with Crippen LogP contribution in [0.2, 0.25) is 0 Å². The second-order valence-corrected chi connectivity index (χ2v) is 9.38. The van der Waals surface area contributed by atoms with Crippen molar-refractivity contribution >= 4 is 33.6 Å². The van der Waals surface area contributed by atoms with Crippen molar-refractivity contribution in [2.24, 2.45) is 0 Å². The summed E-state index contributed by atoms with van der Waals surface area (Å²) in [5, 5.41) is 13.4. The number of hydrogen-bond donors (Lipinski definition) is 0. The molecule has 3 aromatic carbocycles. The molecule has 5 rings (SSSR count). The molecule has 0 unspecified atom stereocenters. The molecule has 0 amide bonds. The van der Waals surface area contributed by atoms with Crippen LogP contribution in [0.5, 0.6) is 17.2 Å². The Kier molecular flexibility index (Phi) is 6.77. The number of benzene rings is 3. The van der Waals surface area contributed by atoms with E-state index in [0.29, 0.717) is 11.6 Å². The van der Waals surface area contributed by atoms with Crippen LogP contribution in [-0.2, 0) is 6.54 Å². The molecule has 0 radical (unpaired) electrons. The van der Waals surface area contributed by atoms with Crippen LogP contribution in [0.3, 0.4) is 0 Å². The highest BCUT2D eigenvalue weighted by Crippen LogP contribution is 2.48. The maximum Gasteiger partial charge on any atom is 0.197 e. The molecule has 6 nitrogen and oxygen atoms in total. The Hall–Kier alpha value is -4.04. The molecular formula is C28H25FN4O2S. The van der Waals surface area contributed by atoms with Gasteiger partial charge in [0.05, 0.1) is 18.5 Å². The molecule has 0 saturated carbocycles. The Morgan fingerprint density at radius 3 is 2.56 bits per heavy atom. The molecule has 0 saturated heterocycles. The second-order valence-electron chi connectivity index (χ2n) is 8.33. The Morgan fingerprint density at radius 2 is 1.81 bits per heavy atom. The van der Waals surface area contributed by atoms with E-state index in [4.69, 9.17) is 9.47 Å². The molecule has 0 aliphatic carbocycles. The molecule has 0 aliphatic heterocycles. The number of tetrazole rings is 1. The van der Waals surface area contributed by atoms with Crippen LogP contribution in [0, 0.1) is 12.7 Å². The standard InChI is InChI=1S/C28H25FN4O2S/c1-4-15-33-31-26(30-32-33)14-7-19-5-9-21(10-6-19)35-27-24-13-11-22(34-3)17-25(24)36-28(27)23-12-8-20(29)16-18(23)2/h5-14,16-17H,4,15H2,1-3H3. The lowest BCUT2D eigenvalue weighted by molar-refractivity contribution is 0.415. The highest BCUT2D eigenvalue weighted by Gasteiger charge is 2.18. The first kappa shape index (κ1) is 23.7. The van der Waals surface area contributed by atoms with Crippen LogP contribution in [0.25, 0.3) is 32.7 Å². The zero-order valence-corrected chi connectivity index (χ0v) is 21.1. The van der Waals surface area contributed by atoms with Gasteiger partial charge < -0.3 is 9.47 Å². The minimum absolute atomic E-state index is 0.256. The predicted molar refractivity (Wildman–Crippen MR) is 142 cm³/mol. The molecule has 36 heavy (non-hydrogen) atoms. The lowest BCUT2D eigenvalue weighted by Crippen LogP contribution is -2.00. The highest BCUT2D eigenvalue weighted by molar-refractivity contribution is 7.22. The lowest BCUT2D eigenvalue weighted by Gasteiger charge is -2.10. The van der Waals surface area contributed by atoms with Crippen molar-refractivity contribution < 1.29 is 13.9 Å². The summed E-state index contributed by atoms with van der Waals surface area (Å²) < 4.78 is 26.7. The van der Waals surface area contributed by atoms with Crippen molar-refractivity contribution in [1.29, 1.82) is 0 Å². The Bertz CT molecular complexity index is 1540. The van der Waals surface area contributed by atoms with Gasteiger partial charge in [0.25, 0.3) is 0 Å². The SMILES string of the molecule is CCCn1nnc(C=Cc2ccc(Oc3c(-c4ccc(F)cc4C)sc4cc(OC)ccc34)cc2)n1. The molecule has 0 fully saturated rings. The Balaban J connectivity index is 1.45. The van der Waals surface area contributed by atoms with Crippen molar-refractivity contribution in [2.45, 2.75) is 26.8 Å². The molecule has 8 heteroatoms. The molecule has 5 aromatic rings. The van der Waals surface area contributed by atoms with Gasteiger partial charge in [-0.25, -0.2) is 4.39 Å². The minimum Gasteiger partial charge on any atom is -0.497 e. The van der Waals surface area contributed by atoms with Gasteiger partial charge in [0.1, 0.15) is 17.3 Å². The molecule has 0 N–H and O–H groups in total. The third kappa shape index (κ3) is 4.99. The van der Waals surface area contributed by atoms with Crippen molar-refractivity contribution in [3.8, 4) is 27.7 Å². The van der Waals surface area contributed by atoms with Crippen LogP contribution in [-0.4, -0.2) is 27.3 Å². The average Bonchev–Trinajstić information content (AvgIpc) is 3.48. The van der Waals surface area contributed by atoms with Crippen LogP contribution < -0.4 is 9.47 Å². The maximum absolute atomic E-state index is 13.8. The largest absolute Gasteiger partial charge is 0.497 e. The molecule has 0 bridgehead atoms. The Morgan fingerprint density at radius 1 is 1.00 bits per heavy atom. The van der Waals surface area contributed by atoms with Crippen molar-refractivity contribution in [2.75, 3.05) is 7.11 Å². The van der Waals surface area contributed by atoms with Crippen LogP contribution in [0.15, 0.2) is 60.7 Å². The fraction of sp³-hybridized carbons (Fsp3) is 0.179. The summed E-state index contributed by atoms with van der Waals surface area (Å²) in [5.74, 6) is 2.54. The molecular weight excluding hydrogens is 475 g/mol. The highest BCUT2D eigenvalue weighted by atomic mass is 32.1. The fourth-order valence-electron chi connectivity index (χ4n) is 3.89. The first-order chi connectivity index (χ1) is 17.5. The van der Waals surface area contributed by atoms with E-state index in [1.165, 1.54) is 6.07 Å². The molecule has 0 aliphatic rings. The van der Waals surface area contributed by atoms with E-state index in [1.54, 1.807) is 35.4 Å². The van der Waals surface area contributed by atoms with Gasteiger partial charge in [-0.1, -0.05) is 31.2 Å². The van der Waals surface area contributed by atoms with E-state index >= 15 is 0 Å². The summed E-state index contributed by atoms with van der Waals surface area (Å²) in [5.41, 5.74) is 2.78. The maximum atomic E-state index is 13.8. The minimum atomic E-state index is -0.256. The number of methoxy groups -OCH3 is 1. The van der Waals surface area contributed by atoms with Crippen LogP contribution >= 0.6 is 11.3 Å². The van der Waals surface area contributed by atoms with Crippen molar-refractivity contribution in [3.63, 3.8) is 0 Å². The number of rotatable bonds is 8. The zero-order valence-electron chi connectivity index (χ0n) is 20.2. The van der Waals surface area contributed by atoms with Crippen molar-refractivity contribution in [1.82, 2.24) is 20.2 Å². The van der Waals surface area contributed by atoms with E-state index in [0.717, 1.165) is 56.1 Å². The first-order valence-electron chi connectivity index (χ1n) is 11.6. The predicted octanol–water partition coefficient (Wildman–Crippen LogP) is 7.38. The summed E-state index contributed by atoms with van der Waals surface area (Å²) >= 11 is 1.60. The van der Waals surface area contributed by atoms with Crippen LogP contribution in [0.4, 0.5) is 4.39 Å². The quantitative estimate of drug-likeness (QED) is 0.222. The molecule has 0 atom stereocenters. The van der Waals surface area contributed by atoms with Gasteiger partial charge in [0, 0.05) is 10.1 Å². The molecule has 0 spiro atoms. The van der Waals surface area contributed by atoms with Crippen molar-refractivity contribution in [3.05, 3.63) is 83.4 Å². The number of nitrogens with zero attached hydrogens (tertiary/aromatic N) is 4. The summed E-state index contributed by atoms with van der Waals surface area (Å²) in [4.78, 5) is 2.54. The van der Waals surface area contributed by atoms with E-state index in [2.05, 4.69) is 22.3 Å². The van der Waals surface area contributed by atoms with Gasteiger partial charge in [-0.15, -0.1) is 21.5 Å². The number of hydrogen-bond acceptors (Lipinski definition) is 6. The van der Waals surface area contributed by atoms with E-state index in [9.17, 15) is 4.39 Å². The summed E-state index contributed by atoms with van der Waals surface area (Å²) in [7, 11) is 1.65. The van der Waals surface area contributed by atoms with Gasteiger partial charge in [0.2, 0.25) is 0 Å². The normalized spacial score (nSPS) is 11.4. The third-order valence-corrected chi connectivity index (χ3v) is 6.87. The van der Waals surface area contributed by atoms with E-state index < -0.39 is 0 Å². The zero-order chi connectivity index (χ0) is 25.1. The molecule has 2 heterocycles. The topological polar surface area (TPSA) is 62.1 Å². The number of halogens is 1. The van der Waals surface area contributed by atoms with Gasteiger partial charge in [-0.3, -0.25) is 0 Å². The van der Waals surface area contributed by atoms with E-state index in [-0.39, 0.29) is 5.82 Å². The van der Waals surface area contributed by atoms with E-state index in [1.807, 2.05) is 61.5 Å². The van der Waals surface area contributed by atoms with Gasteiger partial charge in [-0.2, -0.15) is 4.80 Å². The molecule has 2 aromatic heterocycles. The molecule has 182 valence electrons. The first-order valence-corrected chi connectivity index (χ1v) is 12.5. The number of ether oxygens (including phenoxy) is 2.